The van der Waals surface area contributed by atoms with E-state index in [0.717, 1.165) is 35.2 Å². The Bertz CT molecular complexity index is 895. The largest absolute Gasteiger partial charge is 0.360 e. The molecule has 2 aromatic heterocycles. The Hall–Kier alpha value is -2.76. The molecule has 1 saturated heterocycles. The second kappa shape index (κ2) is 5.70. The van der Waals surface area contributed by atoms with Gasteiger partial charge in [-0.3, -0.25) is 9.78 Å². The van der Waals surface area contributed by atoms with E-state index < -0.39 is 23.1 Å². The number of hydrogen-bond donors (Lipinski definition) is 1. The summed E-state index contributed by atoms with van der Waals surface area (Å²) in [5.41, 5.74) is 1.48. The Morgan fingerprint density at radius 2 is 1.96 bits per heavy atom. The maximum Gasteiger partial charge on any atom is 0.259 e. The van der Waals surface area contributed by atoms with Crippen LogP contribution in [0.2, 0.25) is 0 Å². The lowest BCUT2D eigenvalue weighted by molar-refractivity contribution is 0.0490. The van der Waals surface area contributed by atoms with Gasteiger partial charge in [0.15, 0.2) is 0 Å². The van der Waals surface area contributed by atoms with Gasteiger partial charge in [-0.05, 0) is 36.6 Å². The van der Waals surface area contributed by atoms with Crippen LogP contribution in [0, 0.1) is 17.6 Å². The van der Waals surface area contributed by atoms with Crippen molar-refractivity contribution in [3.63, 3.8) is 0 Å². The van der Waals surface area contributed by atoms with Gasteiger partial charge in [-0.15, -0.1) is 0 Å². The van der Waals surface area contributed by atoms with E-state index in [9.17, 15) is 13.6 Å². The topological polar surface area (TPSA) is 49.0 Å². The number of rotatable bonds is 3. The molecule has 1 aromatic carbocycles. The fraction of sp³-hybridized carbons (Fsp3) is 0.222. The van der Waals surface area contributed by atoms with Crippen LogP contribution < -0.4 is 0 Å². The van der Waals surface area contributed by atoms with Crippen LogP contribution in [0.3, 0.4) is 0 Å². The average molecular weight is 327 g/mol. The zero-order valence-corrected chi connectivity index (χ0v) is 12.8. The highest BCUT2D eigenvalue weighted by molar-refractivity contribution is 5.95. The number of fused-ring (bicyclic) bond motifs is 1. The molecular formula is C18H15F2N3O. The molecule has 0 atom stereocenters. The Balaban J connectivity index is 1.45. The van der Waals surface area contributed by atoms with Crippen molar-refractivity contribution in [2.75, 3.05) is 13.1 Å². The molecule has 4 nitrogen and oxygen atoms in total. The number of carbonyl (C=O) groups excluding carboxylic acids is 1. The minimum absolute atomic E-state index is 0.241. The molecule has 24 heavy (non-hydrogen) atoms. The minimum atomic E-state index is -0.818. The second-order valence-electron chi connectivity index (χ2n) is 6.08. The molecule has 0 saturated carbocycles. The lowest BCUT2D eigenvalue weighted by Gasteiger charge is -2.39. The number of aromatic amines is 1. The van der Waals surface area contributed by atoms with Gasteiger partial charge in [0, 0.05) is 30.9 Å². The van der Waals surface area contributed by atoms with E-state index in [1.807, 2.05) is 18.3 Å². The summed E-state index contributed by atoms with van der Waals surface area (Å²) in [4.78, 5) is 21.3. The first-order valence-electron chi connectivity index (χ1n) is 7.77. The predicted octanol–water partition coefficient (Wildman–Crippen LogP) is 3.16. The average Bonchev–Trinajstić information content (AvgIpc) is 2.99. The number of H-pyrrole nitrogens is 1. The Morgan fingerprint density at radius 1 is 1.21 bits per heavy atom. The lowest BCUT2D eigenvalue weighted by Crippen LogP contribution is -2.51. The highest BCUT2D eigenvalue weighted by Gasteiger charge is 2.34. The van der Waals surface area contributed by atoms with Crippen LogP contribution in [0.25, 0.3) is 10.9 Å². The molecule has 1 aliphatic rings. The molecule has 1 aliphatic heterocycles. The van der Waals surface area contributed by atoms with Crippen molar-refractivity contribution >= 4 is 16.8 Å². The molecule has 1 N–H and O–H groups in total. The van der Waals surface area contributed by atoms with E-state index in [1.54, 1.807) is 6.20 Å². The van der Waals surface area contributed by atoms with Gasteiger partial charge in [0.25, 0.3) is 5.91 Å². The minimum Gasteiger partial charge on any atom is -0.360 e. The second-order valence-corrected chi connectivity index (χ2v) is 6.08. The number of amides is 1. The summed E-state index contributed by atoms with van der Waals surface area (Å²) in [6.07, 6.45) is 4.36. The Labute approximate surface area is 137 Å². The van der Waals surface area contributed by atoms with E-state index in [2.05, 4.69) is 9.97 Å². The molecule has 6 heteroatoms. The van der Waals surface area contributed by atoms with E-state index in [-0.39, 0.29) is 5.92 Å². The third kappa shape index (κ3) is 2.44. The van der Waals surface area contributed by atoms with Crippen LogP contribution >= 0.6 is 0 Å². The number of carbonyl (C=O) groups is 1. The highest BCUT2D eigenvalue weighted by Crippen LogP contribution is 2.26. The molecular weight excluding hydrogens is 312 g/mol. The molecule has 0 bridgehead atoms. The van der Waals surface area contributed by atoms with Crippen LogP contribution in [-0.2, 0) is 6.42 Å². The molecule has 0 radical (unpaired) electrons. The van der Waals surface area contributed by atoms with E-state index >= 15 is 0 Å². The van der Waals surface area contributed by atoms with Crippen LogP contribution in [0.4, 0.5) is 8.78 Å². The summed E-state index contributed by atoms with van der Waals surface area (Å²) < 4.78 is 27.4. The summed E-state index contributed by atoms with van der Waals surface area (Å²) in [7, 11) is 0. The molecule has 0 unspecified atom stereocenters. The first-order chi connectivity index (χ1) is 11.6. The number of likely N-dealkylation sites (tertiary alicyclic amines) is 1. The summed E-state index contributed by atoms with van der Waals surface area (Å²) in [5.74, 6) is -1.99. The van der Waals surface area contributed by atoms with E-state index in [0.29, 0.717) is 13.1 Å². The Morgan fingerprint density at radius 3 is 2.71 bits per heavy atom. The maximum atomic E-state index is 13.7. The number of hydrogen-bond acceptors (Lipinski definition) is 2. The third-order valence-electron chi connectivity index (χ3n) is 4.46. The van der Waals surface area contributed by atoms with Crippen molar-refractivity contribution in [1.82, 2.24) is 14.9 Å². The van der Waals surface area contributed by atoms with Crippen molar-refractivity contribution in [3.8, 4) is 0 Å². The van der Waals surface area contributed by atoms with E-state index in [4.69, 9.17) is 0 Å². The SMILES string of the molecule is O=C(c1c(F)cccc1F)N1CC(Cc2nccc3cc[nH]c23)C1. The number of halogens is 2. The smallest absolute Gasteiger partial charge is 0.259 e. The van der Waals surface area contributed by atoms with Gasteiger partial charge in [-0.1, -0.05) is 6.07 Å². The summed E-state index contributed by atoms with van der Waals surface area (Å²) in [6, 6.07) is 7.38. The number of aromatic nitrogens is 2. The van der Waals surface area contributed by atoms with Gasteiger partial charge in [0.1, 0.15) is 17.2 Å². The summed E-state index contributed by atoms with van der Waals surface area (Å²) in [5, 5.41) is 1.10. The van der Waals surface area contributed by atoms with Crippen LogP contribution in [0.1, 0.15) is 16.1 Å². The standard InChI is InChI=1S/C18H15F2N3O/c19-13-2-1-3-14(20)16(13)18(24)23-9-11(10-23)8-15-17-12(4-6-21-15)5-7-22-17/h1-7,11,22H,8-10H2. The van der Waals surface area contributed by atoms with Crippen LogP contribution in [0.5, 0.6) is 0 Å². The van der Waals surface area contributed by atoms with Gasteiger partial charge >= 0.3 is 0 Å². The molecule has 3 heterocycles. The van der Waals surface area contributed by atoms with Gasteiger partial charge < -0.3 is 9.88 Å². The first-order valence-corrected chi connectivity index (χ1v) is 7.77. The summed E-state index contributed by atoms with van der Waals surface area (Å²) >= 11 is 0. The molecule has 0 aliphatic carbocycles. The van der Waals surface area contributed by atoms with Gasteiger partial charge in [0.05, 0.1) is 11.2 Å². The third-order valence-corrected chi connectivity index (χ3v) is 4.46. The zero-order chi connectivity index (χ0) is 16.7. The normalized spacial score (nSPS) is 14.8. The fourth-order valence-electron chi connectivity index (χ4n) is 3.20. The number of pyridine rings is 1. The lowest BCUT2D eigenvalue weighted by atomic mass is 9.93. The molecule has 3 aromatic rings. The molecule has 1 amide bonds. The van der Waals surface area contributed by atoms with E-state index in [1.165, 1.54) is 11.0 Å². The number of benzene rings is 1. The molecule has 122 valence electrons. The highest BCUT2D eigenvalue weighted by atomic mass is 19.1. The van der Waals surface area contributed by atoms with Crippen molar-refractivity contribution in [2.45, 2.75) is 6.42 Å². The van der Waals surface area contributed by atoms with Gasteiger partial charge in [-0.2, -0.15) is 0 Å². The number of nitrogens with zero attached hydrogens (tertiary/aromatic N) is 2. The zero-order valence-electron chi connectivity index (χ0n) is 12.8. The predicted molar refractivity (Wildman–Crippen MR) is 85.5 cm³/mol. The molecule has 0 spiro atoms. The van der Waals surface area contributed by atoms with Crippen molar-refractivity contribution in [1.29, 1.82) is 0 Å². The van der Waals surface area contributed by atoms with Gasteiger partial charge in [0.2, 0.25) is 0 Å². The Kier molecular flexibility index (Phi) is 3.52. The van der Waals surface area contributed by atoms with Crippen molar-refractivity contribution in [2.24, 2.45) is 5.92 Å². The molecule has 1 fully saturated rings. The van der Waals surface area contributed by atoms with Gasteiger partial charge in [-0.25, -0.2) is 8.78 Å². The fourth-order valence-corrected chi connectivity index (χ4v) is 3.20. The first kappa shape index (κ1) is 14.8. The quantitative estimate of drug-likeness (QED) is 0.803. The summed E-state index contributed by atoms with van der Waals surface area (Å²) in [6.45, 7) is 0.955. The van der Waals surface area contributed by atoms with Crippen LogP contribution in [0.15, 0.2) is 42.7 Å². The van der Waals surface area contributed by atoms with Crippen molar-refractivity contribution < 1.29 is 13.6 Å². The number of nitrogens with one attached hydrogen (secondary N) is 1. The monoisotopic (exact) mass is 327 g/mol. The maximum absolute atomic E-state index is 13.7. The molecule has 4 rings (SSSR count). The van der Waals surface area contributed by atoms with Crippen LogP contribution in [-0.4, -0.2) is 33.9 Å². The van der Waals surface area contributed by atoms with Crippen molar-refractivity contribution in [3.05, 3.63) is 65.6 Å².